The van der Waals surface area contributed by atoms with Gasteiger partial charge in [-0.15, -0.1) is 0 Å². The quantitative estimate of drug-likeness (QED) is 0.293. The Kier molecular flexibility index (Phi) is 6.16. The Morgan fingerprint density at radius 1 is 1.00 bits per heavy atom. The predicted molar refractivity (Wildman–Crippen MR) is 140 cm³/mol. The third-order valence-corrected chi connectivity index (χ3v) is 6.26. The van der Waals surface area contributed by atoms with Crippen LogP contribution in [-0.4, -0.2) is 31.6 Å². The highest BCUT2D eigenvalue weighted by atomic mass is 35.5. The summed E-state index contributed by atoms with van der Waals surface area (Å²) in [7, 11) is 0. The molecule has 180 valence electrons. The number of para-hydroxylation sites is 1. The lowest BCUT2D eigenvalue weighted by molar-refractivity contribution is 0.0922. The fourth-order valence-electron chi connectivity index (χ4n) is 4.15. The maximum Gasteiger partial charge on any atom is 0.267 e. The summed E-state index contributed by atoms with van der Waals surface area (Å²) < 4.78 is 9.05. The third kappa shape index (κ3) is 4.29. The molecule has 36 heavy (non-hydrogen) atoms. The smallest absolute Gasteiger partial charge is 0.267 e. The molecule has 3 aromatic heterocycles. The van der Waals surface area contributed by atoms with Gasteiger partial charge in [0.05, 0.1) is 16.9 Å². The van der Waals surface area contributed by atoms with Gasteiger partial charge in [0.25, 0.3) is 5.56 Å². The number of rotatable bonds is 6. The fraction of sp³-hybridized carbons (Fsp3) is 0.143. The molecule has 8 heteroatoms. The Morgan fingerprint density at radius 3 is 2.50 bits per heavy atom. The zero-order valence-electron chi connectivity index (χ0n) is 20.0. The van der Waals surface area contributed by atoms with Gasteiger partial charge in [-0.25, -0.2) is 9.67 Å². The molecule has 0 aliphatic carbocycles. The lowest BCUT2D eigenvalue weighted by Gasteiger charge is -2.11. The van der Waals surface area contributed by atoms with E-state index in [0.29, 0.717) is 38.9 Å². The van der Waals surface area contributed by atoms with Gasteiger partial charge in [-0.05, 0) is 74.9 Å². The van der Waals surface area contributed by atoms with Crippen molar-refractivity contribution in [2.24, 2.45) is 0 Å². The van der Waals surface area contributed by atoms with Gasteiger partial charge in [0.1, 0.15) is 5.69 Å². The van der Waals surface area contributed by atoms with Crippen molar-refractivity contribution >= 4 is 23.0 Å². The van der Waals surface area contributed by atoms with Crippen molar-refractivity contribution in [3.05, 3.63) is 111 Å². The van der Waals surface area contributed by atoms with Crippen LogP contribution in [0.15, 0.2) is 77.7 Å². The maximum absolute atomic E-state index is 13.6. The number of fused-ring (bicyclic) bond motifs is 1. The topological polar surface area (TPSA) is 78.5 Å². The first-order valence-electron chi connectivity index (χ1n) is 11.4. The van der Waals surface area contributed by atoms with Gasteiger partial charge in [-0.1, -0.05) is 29.8 Å². The Balaban J connectivity index is 1.51. The van der Waals surface area contributed by atoms with E-state index in [0.717, 1.165) is 16.9 Å². The molecule has 3 heterocycles. The van der Waals surface area contributed by atoms with E-state index in [2.05, 4.69) is 4.98 Å². The summed E-state index contributed by atoms with van der Waals surface area (Å²) >= 11 is 5.90. The van der Waals surface area contributed by atoms with Crippen molar-refractivity contribution < 1.29 is 9.53 Å². The van der Waals surface area contributed by atoms with Crippen molar-refractivity contribution in [3.63, 3.8) is 0 Å². The van der Waals surface area contributed by atoms with Crippen molar-refractivity contribution in [2.75, 3.05) is 6.61 Å². The van der Waals surface area contributed by atoms with Crippen LogP contribution in [0.2, 0.25) is 5.02 Å². The molecule has 0 N–H and O–H groups in total. The van der Waals surface area contributed by atoms with Crippen LogP contribution in [0.3, 0.4) is 0 Å². The average molecular weight is 499 g/mol. The van der Waals surface area contributed by atoms with E-state index < -0.39 is 0 Å². The summed E-state index contributed by atoms with van der Waals surface area (Å²) in [6.45, 7) is 5.55. The zero-order valence-corrected chi connectivity index (χ0v) is 20.8. The second-order valence-corrected chi connectivity index (χ2v) is 8.97. The number of carbonyl (C=O) groups excluding carboxylic acids is 1. The van der Waals surface area contributed by atoms with Crippen LogP contribution in [0, 0.1) is 20.8 Å². The number of nitrogens with zero attached hydrogens (tertiary/aromatic N) is 4. The summed E-state index contributed by atoms with van der Waals surface area (Å²) in [6.07, 6.45) is 1.63. The summed E-state index contributed by atoms with van der Waals surface area (Å²) in [5, 5.41) is 5.29. The Hall–Kier alpha value is -4.23. The summed E-state index contributed by atoms with van der Waals surface area (Å²) in [4.78, 5) is 30.8. The highest BCUT2D eigenvalue weighted by molar-refractivity contribution is 6.30. The number of hydrogen-bond donors (Lipinski definition) is 0. The molecular weight excluding hydrogens is 476 g/mol. The molecule has 5 rings (SSSR count). The maximum atomic E-state index is 13.6. The Morgan fingerprint density at radius 2 is 1.75 bits per heavy atom. The van der Waals surface area contributed by atoms with Gasteiger partial charge in [-0.2, -0.15) is 5.10 Å². The first-order valence-corrected chi connectivity index (χ1v) is 11.8. The molecule has 0 amide bonds. The van der Waals surface area contributed by atoms with Crippen LogP contribution in [0.25, 0.3) is 22.6 Å². The van der Waals surface area contributed by atoms with Gasteiger partial charge in [0.2, 0.25) is 0 Å². The number of ether oxygens (including phenoxy) is 1. The van der Waals surface area contributed by atoms with Gasteiger partial charge in [-0.3, -0.25) is 14.0 Å². The van der Waals surface area contributed by atoms with E-state index in [1.54, 1.807) is 49.5 Å². The van der Waals surface area contributed by atoms with Crippen molar-refractivity contribution in [3.8, 4) is 22.7 Å². The highest BCUT2D eigenvalue weighted by Gasteiger charge is 2.19. The first kappa shape index (κ1) is 23.5. The van der Waals surface area contributed by atoms with Gasteiger partial charge in [0.15, 0.2) is 23.8 Å². The molecule has 5 aromatic rings. The Bertz CT molecular complexity index is 1670. The largest absolute Gasteiger partial charge is 0.482 e. The second kappa shape index (κ2) is 9.43. The number of carbonyl (C=O) groups is 1. The van der Waals surface area contributed by atoms with E-state index >= 15 is 0 Å². The molecule has 0 saturated heterocycles. The van der Waals surface area contributed by atoms with Crippen LogP contribution in [0.4, 0.5) is 0 Å². The Labute approximate surface area is 212 Å². The summed E-state index contributed by atoms with van der Waals surface area (Å²) in [5.74, 6) is 0.134. The molecule has 7 nitrogen and oxygen atoms in total. The normalized spacial score (nSPS) is 11.1. The molecule has 0 spiro atoms. The van der Waals surface area contributed by atoms with Crippen LogP contribution < -0.4 is 10.3 Å². The molecule has 0 unspecified atom stereocenters. The van der Waals surface area contributed by atoms with Crippen molar-refractivity contribution in [1.29, 1.82) is 0 Å². The van der Waals surface area contributed by atoms with E-state index in [4.69, 9.17) is 21.4 Å². The lowest BCUT2D eigenvalue weighted by atomic mass is 10.1. The number of benzene rings is 2. The van der Waals surface area contributed by atoms with E-state index in [-0.39, 0.29) is 17.9 Å². The average Bonchev–Trinajstić information content (AvgIpc) is 3.24. The van der Waals surface area contributed by atoms with Gasteiger partial charge < -0.3 is 4.74 Å². The van der Waals surface area contributed by atoms with Gasteiger partial charge >= 0.3 is 0 Å². The number of aromatic nitrogens is 4. The molecular formula is C28H23ClN4O3. The van der Waals surface area contributed by atoms with Crippen LogP contribution in [0.5, 0.6) is 5.75 Å². The molecule has 2 aromatic carbocycles. The number of halogens is 1. The van der Waals surface area contributed by atoms with E-state index in [1.807, 2.05) is 48.9 Å². The summed E-state index contributed by atoms with van der Waals surface area (Å²) in [5.41, 5.74) is 4.98. The fourth-order valence-corrected chi connectivity index (χ4v) is 4.28. The molecule has 0 bridgehead atoms. The van der Waals surface area contributed by atoms with Gasteiger partial charge in [0, 0.05) is 22.5 Å². The molecule has 0 aliphatic heterocycles. The first-order chi connectivity index (χ1) is 17.3. The van der Waals surface area contributed by atoms with E-state index in [9.17, 15) is 9.59 Å². The molecule has 0 aliphatic rings. The number of pyridine rings is 1. The molecule has 0 fully saturated rings. The molecule has 0 atom stereocenters. The number of hydrogen-bond acceptors (Lipinski definition) is 5. The number of aryl methyl sites for hydroxylation is 3. The lowest BCUT2D eigenvalue weighted by Crippen LogP contribution is -2.20. The summed E-state index contributed by atoms with van der Waals surface area (Å²) in [6, 6.07) is 19.8. The van der Waals surface area contributed by atoms with Crippen LogP contribution in [0.1, 0.15) is 27.3 Å². The molecule has 0 radical (unpaired) electrons. The van der Waals surface area contributed by atoms with Crippen LogP contribution >= 0.6 is 11.6 Å². The van der Waals surface area contributed by atoms with E-state index in [1.165, 1.54) is 4.40 Å². The third-order valence-electron chi connectivity index (χ3n) is 6.01. The molecule has 0 saturated carbocycles. The SMILES string of the molecule is Cc1ccccc1-n1nc(-c2c(C)nc3c(OCC(=O)c4ccc(Cl)cc4)cccn3c2=O)cc1C. The van der Waals surface area contributed by atoms with Crippen LogP contribution in [-0.2, 0) is 0 Å². The zero-order chi connectivity index (χ0) is 25.4. The highest BCUT2D eigenvalue weighted by Crippen LogP contribution is 2.25. The minimum absolute atomic E-state index is 0.196. The second-order valence-electron chi connectivity index (χ2n) is 8.53. The minimum atomic E-state index is -0.263. The standard InChI is InChI=1S/C28H23ClN4O3/c1-17-7-4-5-8-23(17)33-18(2)15-22(31-33)26-19(3)30-27-25(9-6-14-32(27)28(26)35)36-16-24(34)20-10-12-21(29)13-11-20/h4-15H,16H2,1-3H3. The van der Waals surface area contributed by atoms with Crippen molar-refractivity contribution in [2.45, 2.75) is 20.8 Å². The number of Topliss-reactive ketones (excluding diaryl/α,β-unsaturated/α-hetero) is 1. The minimum Gasteiger partial charge on any atom is -0.482 e. The monoisotopic (exact) mass is 498 g/mol. The predicted octanol–water partition coefficient (Wildman–Crippen LogP) is 5.39. The number of ketones is 1. The van der Waals surface area contributed by atoms with Crippen molar-refractivity contribution in [1.82, 2.24) is 19.2 Å².